The number of aromatic nitrogens is 3. The zero-order valence-corrected chi connectivity index (χ0v) is 19.8. The van der Waals surface area contributed by atoms with Crippen molar-refractivity contribution < 1.29 is 4.79 Å². The van der Waals surface area contributed by atoms with Crippen LogP contribution in [0.4, 0.5) is 10.5 Å². The number of nitrogens with zero attached hydrogens (tertiary/aromatic N) is 6. The summed E-state index contributed by atoms with van der Waals surface area (Å²) in [5.74, 6) is 1.28. The minimum absolute atomic E-state index is 0.0545. The van der Waals surface area contributed by atoms with Crippen molar-refractivity contribution in [2.24, 2.45) is 5.92 Å². The number of benzene rings is 1. The third-order valence-corrected chi connectivity index (χ3v) is 7.92. The molecule has 0 N–H and O–H groups in total. The molecule has 3 heterocycles. The summed E-state index contributed by atoms with van der Waals surface area (Å²) in [6, 6.07) is 14.6. The summed E-state index contributed by atoms with van der Waals surface area (Å²) in [4.78, 5) is 33.3. The SMILES string of the molecule is CN(C)C1(c2ccccc2)CC2(CN(c3cnc(-c4ccncc4)nc3)C(=O)N2CC2CC2)C1. The molecule has 3 aromatic rings. The van der Waals surface area contributed by atoms with Gasteiger partial charge in [0.1, 0.15) is 0 Å². The van der Waals surface area contributed by atoms with E-state index in [2.05, 4.69) is 69.2 Å². The Bertz CT molecular complexity index is 1170. The average molecular weight is 455 g/mol. The van der Waals surface area contributed by atoms with Crippen LogP contribution in [0.25, 0.3) is 11.4 Å². The predicted molar refractivity (Wildman–Crippen MR) is 131 cm³/mol. The lowest BCUT2D eigenvalue weighted by molar-refractivity contribution is -0.0680. The number of pyridine rings is 1. The van der Waals surface area contributed by atoms with E-state index in [1.54, 1.807) is 24.8 Å². The van der Waals surface area contributed by atoms with Gasteiger partial charge < -0.3 is 4.90 Å². The zero-order chi connectivity index (χ0) is 23.3. The van der Waals surface area contributed by atoms with Gasteiger partial charge >= 0.3 is 6.03 Å². The standard InChI is InChI=1S/C27H30N6O/c1-31(2)27(22-6-4-3-5-7-22)17-26(18-27)19-32(25(34)33(26)16-20-8-9-20)23-14-29-24(30-15-23)21-10-12-28-13-11-21/h3-7,10-15,20H,8-9,16-19H2,1-2H3. The first-order valence-electron chi connectivity index (χ1n) is 12.1. The maximum atomic E-state index is 13.7. The molecule has 0 radical (unpaired) electrons. The summed E-state index contributed by atoms with van der Waals surface area (Å²) in [6.45, 7) is 1.53. The minimum atomic E-state index is -0.163. The Morgan fingerprint density at radius 3 is 2.29 bits per heavy atom. The molecule has 2 saturated carbocycles. The summed E-state index contributed by atoms with van der Waals surface area (Å²) < 4.78 is 0. The second kappa shape index (κ2) is 7.87. The number of carbonyl (C=O) groups excluding carboxylic acids is 1. The van der Waals surface area contributed by atoms with Crippen LogP contribution in [0.3, 0.4) is 0 Å². The van der Waals surface area contributed by atoms with Crippen LogP contribution in [0, 0.1) is 5.92 Å². The van der Waals surface area contributed by atoms with Crippen molar-refractivity contribution in [3.63, 3.8) is 0 Å². The number of carbonyl (C=O) groups is 1. The fourth-order valence-electron chi connectivity index (χ4n) is 5.81. The molecule has 6 rings (SSSR count). The summed E-state index contributed by atoms with van der Waals surface area (Å²) >= 11 is 0. The highest BCUT2D eigenvalue weighted by atomic mass is 16.2. The third-order valence-electron chi connectivity index (χ3n) is 7.92. The molecule has 7 nitrogen and oxygen atoms in total. The number of urea groups is 1. The van der Waals surface area contributed by atoms with E-state index < -0.39 is 0 Å². The Hall–Kier alpha value is -3.32. The molecule has 1 aliphatic heterocycles. The molecule has 2 aliphatic carbocycles. The zero-order valence-electron chi connectivity index (χ0n) is 19.8. The van der Waals surface area contributed by atoms with Gasteiger partial charge in [0.25, 0.3) is 0 Å². The summed E-state index contributed by atoms with van der Waals surface area (Å²) in [7, 11) is 4.32. The maximum absolute atomic E-state index is 13.7. The van der Waals surface area contributed by atoms with Gasteiger partial charge in [-0.2, -0.15) is 0 Å². The monoisotopic (exact) mass is 454 g/mol. The first kappa shape index (κ1) is 21.2. The van der Waals surface area contributed by atoms with E-state index >= 15 is 0 Å². The van der Waals surface area contributed by atoms with Crippen molar-refractivity contribution in [1.82, 2.24) is 24.8 Å². The molecule has 2 aromatic heterocycles. The van der Waals surface area contributed by atoms with Crippen LogP contribution in [0.15, 0.2) is 67.3 Å². The van der Waals surface area contributed by atoms with Crippen LogP contribution >= 0.6 is 0 Å². The summed E-state index contributed by atoms with van der Waals surface area (Å²) in [5.41, 5.74) is 2.79. The molecule has 34 heavy (non-hydrogen) atoms. The van der Waals surface area contributed by atoms with Crippen molar-refractivity contribution in [2.75, 3.05) is 32.1 Å². The highest BCUT2D eigenvalue weighted by Gasteiger charge is 2.65. The lowest BCUT2D eigenvalue weighted by Crippen LogP contribution is -2.67. The lowest BCUT2D eigenvalue weighted by atomic mass is 9.58. The molecule has 1 saturated heterocycles. The maximum Gasteiger partial charge on any atom is 0.325 e. The van der Waals surface area contributed by atoms with Gasteiger partial charge in [-0.3, -0.25) is 14.8 Å². The second-order valence-corrected chi connectivity index (χ2v) is 10.3. The molecule has 1 spiro atoms. The Morgan fingerprint density at radius 2 is 1.68 bits per heavy atom. The van der Waals surface area contributed by atoms with Gasteiger partial charge in [-0.15, -0.1) is 0 Å². The second-order valence-electron chi connectivity index (χ2n) is 10.3. The van der Waals surface area contributed by atoms with Gasteiger partial charge in [0.15, 0.2) is 5.82 Å². The number of rotatable bonds is 6. The van der Waals surface area contributed by atoms with Gasteiger partial charge in [-0.25, -0.2) is 14.8 Å². The van der Waals surface area contributed by atoms with E-state index in [4.69, 9.17) is 0 Å². The van der Waals surface area contributed by atoms with Crippen LogP contribution in [-0.4, -0.2) is 63.5 Å². The molecule has 0 bridgehead atoms. The number of hydrogen-bond donors (Lipinski definition) is 0. The predicted octanol–water partition coefficient (Wildman–Crippen LogP) is 4.18. The lowest BCUT2D eigenvalue weighted by Gasteiger charge is -2.60. The first-order chi connectivity index (χ1) is 16.5. The molecule has 3 fully saturated rings. The van der Waals surface area contributed by atoms with Gasteiger partial charge in [-0.1, -0.05) is 30.3 Å². The smallest absolute Gasteiger partial charge is 0.316 e. The molecule has 1 aromatic carbocycles. The van der Waals surface area contributed by atoms with E-state index in [1.165, 1.54) is 18.4 Å². The number of amides is 2. The van der Waals surface area contributed by atoms with Crippen LogP contribution in [0.2, 0.25) is 0 Å². The van der Waals surface area contributed by atoms with E-state index in [1.807, 2.05) is 17.0 Å². The molecule has 7 heteroatoms. The molecule has 2 amide bonds. The fraction of sp³-hybridized carbons (Fsp3) is 0.407. The minimum Gasteiger partial charge on any atom is -0.316 e. The van der Waals surface area contributed by atoms with Crippen molar-refractivity contribution >= 4 is 11.7 Å². The van der Waals surface area contributed by atoms with Crippen molar-refractivity contribution in [2.45, 2.75) is 36.8 Å². The van der Waals surface area contributed by atoms with Crippen LogP contribution < -0.4 is 4.90 Å². The summed E-state index contributed by atoms with van der Waals surface area (Å²) in [5, 5.41) is 0. The van der Waals surface area contributed by atoms with Gasteiger partial charge in [0.2, 0.25) is 0 Å². The highest BCUT2D eigenvalue weighted by molar-refractivity contribution is 5.95. The van der Waals surface area contributed by atoms with Crippen LogP contribution in [0.5, 0.6) is 0 Å². The summed E-state index contributed by atoms with van der Waals surface area (Å²) in [6.07, 6.45) is 11.3. The van der Waals surface area contributed by atoms with E-state index in [-0.39, 0.29) is 17.1 Å². The van der Waals surface area contributed by atoms with Crippen molar-refractivity contribution in [3.05, 3.63) is 72.8 Å². The largest absolute Gasteiger partial charge is 0.325 e. The molecular weight excluding hydrogens is 424 g/mol. The molecule has 3 aliphatic rings. The Labute approximate surface area is 200 Å². The van der Waals surface area contributed by atoms with Crippen molar-refractivity contribution in [1.29, 1.82) is 0 Å². The van der Waals surface area contributed by atoms with Crippen LogP contribution in [-0.2, 0) is 5.54 Å². The average Bonchev–Trinajstić information content (AvgIpc) is 3.63. The fourth-order valence-corrected chi connectivity index (χ4v) is 5.81. The van der Waals surface area contributed by atoms with E-state index in [9.17, 15) is 4.79 Å². The Balaban J connectivity index is 1.30. The van der Waals surface area contributed by atoms with Gasteiger partial charge in [-0.05, 0) is 63.4 Å². The molecule has 0 unspecified atom stereocenters. The van der Waals surface area contributed by atoms with Crippen molar-refractivity contribution in [3.8, 4) is 11.4 Å². The van der Waals surface area contributed by atoms with E-state index in [0.29, 0.717) is 18.3 Å². The van der Waals surface area contributed by atoms with Crippen LogP contribution in [0.1, 0.15) is 31.2 Å². The molecular formula is C27H30N6O. The Morgan fingerprint density at radius 1 is 1.00 bits per heavy atom. The third kappa shape index (κ3) is 3.38. The quantitative estimate of drug-likeness (QED) is 0.559. The highest BCUT2D eigenvalue weighted by Crippen LogP contribution is 2.57. The van der Waals surface area contributed by atoms with E-state index in [0.717, 1.165) is 30.6 Å². The molecule has 174 valence electrons. The molecule has 0 atom stereocenters. The topological polar surface area (TPSA) is 65.5 Å². The number of anilines is 1. The number of hydrogen-bond acceptors (Lipinski definition) is 5. The Kier molecular flexibility index (Phi) is 4.92. The van der Waals surface area contributed by atoms with Gasteiger partial charge in [0.05, 0.1) is 35.7 Å². The first-order valence-corrected chi connectivity index (χ1v) is 12.1. The van der Waals surface area contributed by atoms with Gasteiger partial charge in [0, 0.05) is 24.5 Å². The normalized spacial score (nSPS) is 26.4.